The number of hydrogen-bond donors (Lipinski definition) is 0. The van der Waals surface area contributed by atoms with Gasteiger partial charge in [-0.2, -0.15) is 0 Å². The fraction of sp³-hybridized carbons (Fsp3) is 1.00. The first kappa shape index (κ1) is 10.9. The molecule has 78 valence electrons. The summed E-state index contributed by atoms with van der Waals surface area (Å²) in [4.78, 5) is 0. The van der Waals surface area contributed by atoms with Crippen LogP contribution in [0.1, 0.15) is 6.92 Å². The maximum absolute atomic E-state index is 11.3. The topological polar surface area (TPSA) is 43.4 Å². The minimum Gasteiger partial charge on any atom is -0.352 e. The van der Waals surface area contributed by atoms with Crippen molar-refractivity contribution in [1.82, 2.24) is 0 Å². The summed E-state index contributed by atoms with van der Waals surface area (Å²) in [6.07, 6.45) is -0.139. The van der Waals surface area contributed by atoms with Crippen LogP contribution in [0.2, 0.25) is 0 Å². The Kier molecular flexibility index (Phi) is 2.71. The van der Waals surface area contributed by atoms with Crippen LogP contribution in [-0.2, 0) is 14.6 Å². The Morgan fingerprint density at radius 3 is 2.23 bits per heavy atom. The molecule has 2 atom stereocenters. The van der Waals surface area contributed by atoms with Crippen molar-refractivity contribution in [2.45, 2.75) is 18.5 Å². The molecule has 1 saturated heterocycles. The fourth-order valence-corrected chi connectivity index (χ4v) is 2.80. The van der Waals surface area contributed by atoms with Crippen LogP contribution in [0.4, 0.5) is 0 Å². The zero-order chi connectivity index (χ0) is 10.3. The van der Waals surface area contributed by atoms with Crippen LogP contribution in [-0.4, -0.2) is 57.9 Å². The highest BCUT2D eigenvalue weighted by atomic mass is 32.2. The number of ether oxygens (including phenoxy) is 1. The molecular weight excluding hydrogens is 190 g/mol. The van der Waals surface area contributed by atoms with Gasteiger partial charge in [0, 0.05) is 0 Å². The summed E-state index contributed by atoms with van der Waals surface area (Å²) in [6, 6.07) is 0. The molecule has 1 heterocycles. The fourth-order valence-electron chi connectivity index (χ4n) is 1.50. The predicted octanol–water partition coefficient (Wildman–Crippen LogP) is -0.148. The van der Waals surface area contributed by atoms with Crippen LogP contribution in [0, 0.1) is 0 Å². The summed E-state index contributed by atoms with van der Waals surface area (Å²) in [5.74, 6) is 0.170. The maximum Gasteiger partial charge on any atom is 0.179 e. The molecule has 5 heteroatoms. The Hall–Kier alpha value is -0.130. The van der Waals surface area contributed by atoms with E-state index in [1.165, 1.54) is 0 Å². The first-order valence-corrected chi connectivity index (χ1v) is 6.10. The summed E-state index contributed by atoms with van der Waals surface area (Å²) in [5, 5.41) is 0. The number of rotatable bonds is 2. The van der Waals surface area contributed by atoms with Crippen LogP contribution < -0.4 is 0 Å². The Labute approximate surface area is 80.0 Å². The summed E-state index contributed by atoms with van der Waals surface area (Å²) >= 11 is 0. The van der Waals surface area contributed by atoms with Gasteiger partial charge in [0.2, 0.25) is 0 Å². The summed E-state index contributed by atoms with van der Waals surface area (Å²) in [5.41, 5.74) is -0.621. The zero-order valence-corrected chi connectivity index (χ0v) is 9.47. The molecule has 0 N–H and O–H groups in total. The third kappa shape index (κ3) is 2.93. The van der Waals surface area contributed by atoms with Gasteiger partial charge in [-0.1, -0.05) is 0 Å². The van der Waals surface area contributed by atoms with Crippen molar-refractivity contribution in [1.29, 1.82) is 0 Å². The number of hydrogen-bond acceptors (Lipinski definition) is 3. The molecule has 0 unspecified atom stereocenters. The summed E-state index contributed by atoms with van der Waals surface area (Å²) in [7, 11) is 3.10. The Bertz CT molecular complexity index is 278. The Balaban J connectivity index is 2.61. The molecule has 13 heavy (non-hydrogen) atoms. The quantitative estimate of drug-likeness (QED) is 0.593. The highest BCUT2D eigenvalue weighted by molar-refractivity contribution is 7.92. The molecule has 0 aliphatic carbocycles. The molecule has 1 fully saturated rings. The van der Waals surface area contributed by atoms with Gasteiger partial charge in [0.05, 0.1) is 26.9 Å². The highest BCUT2D eigenvalue weighted by Crippen LogP contribution is 2.19. The maximum atomic E-state index is 11.3. The molecule has 0 saturated carbocycles. The average Bonchev–Trinajstić information content (AvgIpc) is 2.01. The Morgan fingerprint density at radius 2 is 1.92 bits per heavy atom. The van der Waals surface area contributed by atoms with E-state index in [4.69, 9.17) is 4.74 Å². The van der Waals surface area contributed by atoms with E-state index in [9.17, 15) is 8.42 Å². The van der Waals surface area contributed by atoms with Crippen LogP contribution in [0.3, 0.4) is 0 Å². The molecule has 0 aromatic heterocycles. The van der Waals surface area contributed by atoms with E-state index in [1.54, 1.807) is 6.92 Å². The normalized spacial score (nSPS) is 33.5. The van der Waals surface area contributed by atoms with E-state index in [1.807, 2.05) is 21.1 Å². The van der Waals surface area contributed by atoms with Crippen molar-refractivity contribution in [2.24, 2.45) is 0 Å². The van der Waals surface area contributed by atoms with E-state index in [2.05, 4.69) is 0 Å². The number of quaternary nitrogens is 1. The lowest BCUT2D eigenvalue weighted by Gasteiger charge is -2.26. The second-order valence-electron chi connectivity index (χ2n) is 4.63. The lowest BCUT2D eigenvalue weighted by Crippen LogP contribution is -2.42. The van der Waals surface area contributed by atoms with Gasteiger partial charge in [-0.15, -0.1) is 0 Å². The average molecular weight is 208 g/mol. The second kappa shape index (κ2) is 3.22. The highest BCUT2D eigenvalue weighted by Gasteiger charge is 2.38. The van der Waals surface area contributed by atoms with Crippen molar-refractivity contribution in [3.63, 3.8) is 0 Å². The van der Waals surface area contributed by atoms with Gasteiger partial charge < -0.3 is 9.22 Å². The smallest absolute Gasteiger partial charge is 0.179 e. The van der Waals surface area contributed by atoms with Gasteiger partial charge in [0.25, 0.3) is 0 Å². The van der Waals surface area contributed by atoms with E-state index in [0.29, 0.717) is 0 Å². The molecule has 0 radical (unpaired) electrons. The SMILES string of the molecule is C[C@H]1O[C@H](C[N+](C)(C)C)CS1(=O)=O. The summed E-state index contributed by atoms with van der Waals surface area (Å²) in [6.45, 7) is 2.34. The van der Waals surface area contributed by atoms with Crippen molar-refractivity contribution in [3.8, 4) is 0 Å². The van der Waals surface area contributed by atoms with Gasteiger partial charge >= 0.3 is 0 Å². The third-order valence-electron chi connectivity index (χ3n) is 2.06. The van der Waals surface area contributed by atoms with Crippen molar-refractivity contribution >= 4 is 9.84 Å². The molecular formula is C8H18NO3S+. The molecule has 0 amide bonds. The monoisotopic (exact) mass is 208 g/mol. The van der Waals surface area contributed by atoms with Crippen molar-refractivity contribution < 1.29 is 17.6 Å². The molecule has 1 aliphatic rings. The third-order valence-corrected chi connectivity index (χ3v) is 4.02. The minimum atomic E-state index is -2.98. The molecule has 1 rings (SSSR count). The molecule has 0 spiro atoms. The van der Waals surface area contributed by atoms with Gasteiger partial charge in [-0.25, -0.2) is 8.42 Å². The van der Waals surface area contributed by atoms with E-state index in [0.717, 1.165) is 11.0 Å². The molecule has 4 nitrogen and oxygen atoms in total. The van der Waals surface area contributed by atoms with E-state index >= 15 is 0 Å². The second-order valence-corrected chi connectivity index (χ2v) is 6.95. The van der Waals surface area contributed by atoms with Crippen LogP contribution in [0.25, 0.3) is 0 Å². The number of likely N-dealkylation sites (N-methyl/N-ethyl adjacent to an activating group) is 1. The van der Waals surface area contributed by atoms with Gasteiger partial charge in [0.1, 0.15) is 12.6 Å². The number of sulfone groups is 1. The van der Waals surface area contributed by atoms with Crippen LogP contribution in [0.5, 0.6) is 0 Å². The standard InChI is InChI=1S/C8H18NO3S/c1-7-12-8(5-9(2,3)4)6-13(7,10)11/h7-8H,5-6H2,1-4H3/q+1/t7-,8+/m0/s1. The van der Waals surface area contributed by atoms with Crippen LogP contribution in [0.15, 0.2) is 0 Å². The van der Waals surface area contributed by atoms with Gasteiger partial charge in [-0.3, -0.25) is 0 Å². The molecule has 1 aliphatic heterocycles. The Morgan fingerprint density at radius 1 is 1.38 bits per heavy atom. The number of nitrogens with zero attached hydrogens (tertiary/aromatic N) is 1. The largest absolute Gasteiger partial charge is 0.352 e. The van der Waals surface area contributed by atoms with Crippen molar-refractivity contribution in [3.05, 3.63) is 0 Å². The zero-order valence-electron chi connectivity index (χ0n) is 8.65. The minimum absolute atomic E-state index is 0.139. The van der Waals surface area contributed by atoms with Gasteiger partial charge in [0.15, 0.2) is 15.3 Å². The molecule has 0 aromatic rings. The first-order chi connectivity index (χ1) is 5.71. The van der Waals surface area contributed by atoms with Gasteiger partial charge in [-0.05, 0) is 6.92 Å². The van der Waals surface area contributed by atoms with Crippen LogP contribution >= 0.6 is 0 Å². The molecule has 0 aromatic carbocycles. The lowest BCUT2D eigenvalue weighted by molar-refractivity contribution is -0.873. The van der Waals surface area contributed by atoms with E-state index < -0.39 is 15.3 Å². The summed E-state index contributed by atoms with van der Waals surface area (Å²) < 4.78 is 28.7. The lowest BCUT2D eigenvalue weighted by atomic mass is 10.3. The first-order valence-electron chi connectivity index (χ1n) is 4.38. The van der Waals surface area contributed by atoms with Crippen molar-refractivity contribution in [2.75, 3.05) is 33.4 Å². The van der Waals surface area contributed by atoms with E-state index in [-0.39, 0.29) is 11.9 Å². The molecule has 0 bridgehead atoms. The predicted molar refractivity (Wildman–Crippen MR) is 51.0 cm³/mol.